The zero-order chi connectivity index (χ0) is 10.7. The minimum absolute atomic E-state index is 0.157. The molecule has 0 aliphatic carbocycles. The third kappa shape index (κ3) is 2.02. The Morgan fingerprint density at radius 2 is 2.27 bits per heavy atom. The number of rotatable bonds is 2. The number of likely N-dealkylation sites (N-methyl/N-ethyl adjacent to an activating group) is 1. The van der Waals surface area contributed by atoms with E-state index in [4.69, 9.17) is 0 Å². The number of nitrogens with one attached hydrogen (secondary N) is 1. The van der Waals surface area contributed by atoms with E-state index in [1.807, 2.05) is 23.1 Å². The van der Waals surface area contributed by atoms with Gasteiger partial charge in [-0.05, 0) is 31.5 Å². The largest absolute Gasteiger partial charge is 0.311 e. The average molecular weight is 204 g/mol. The van der Waals surface area contributed by atoms with Crippen molar-refractivity contribution in [3.05, 3.63) is 29.8 Å². The Hall–Kier alpha value is -1.35. The lowest BCUT2D eigenvalue weighted by molar-refractivity contribution is -0.117. The van der Waals surface area contributed by atoms with Crippen molar-refractivity contribution in [1.29, 1.82) is 0 Å². The topological polar surface area (TPSA) is 32.3 Å². The quantitative estimate of drug-likeness (QED) is 0.784. The maximum absolute atomic E-state index is 11.8. The smallest absolute Gasteiger partial charge is 0.240 e. The molecule has 0 fully saturated rings. The number of hydrogen-bond acceptors (Lipinski definition) is 2. The van der Waals surface area contributed by atoms with Crippen molar-refractivity contribution in [2.75, 3.05) is 25.0 Å². The Kier molecular flexibility index (Phi) is 3.02. The van der Waals surface area contributed by atoms with E-state index in [2.05, 4.69) is 11.4 Å². The Morgan fingerprint density at radius 1 is 1.47 bits per heavy atom. The van der Waals surface area contributed by atoms with Crippen LogP contribution < -0.4 is 10.2 Å². The van der Waals surface area contributed by atoms with Gasteiger partial charge in [0.2, 0.25) is 5.91 Å². The number of carbonyl (C=O) groups is 1. The molecule has 3 nitrogen and oxygen atoms in total. The molecule has 0 radical (unpaired) electrons. The van der Waals surface area contributed by atoms with Crippen molar-refractivity contribution < 1.29 is 4.79 Å². The molecule has 1 N–H and O–H groups in total. The van der Waals surface area contributed by atoms with E-state index in [1.165, 1.54) is 5.56 Å². The van der Waals surface area contributed by atoms with E-state index in [0.29, 0.717) is 6.54 Å². The van der Waals surface area contributed by atoms with Crippen molar-refractivity contribution in [3.63, 3.8) is 0 Å². The second-order valence-corrected chi connectivity index (χ2v) is 3.81. The first kappa shape index (κ1) is 10.2. The molecule has 0 saturated heterocycles. The molecule has 15 heavy (non-hydrogen) atoms. The molecule has 1 aromatic carbocycles. The van der Waals surface area contributed by atoms with Gasteiger partial charge in [0.05, 0.1) is 6.54 Å². The van der Waals surface area contributed by atoms with Crippen molar-refractivity contribution in [2.24, 2.45) is 0 Å². The van der Waals surface area contributed by atoms with Gasteiger partial charge in [0.25, 0.3) is 0 Å². The summed E-state index contributed by atoms with van der Waals surface area (Å²) in [5, 5.41) is 2.90. The van der Waals surface area contributed by atoms with Crippen LogP contribution in [0.4, 0.5) is 5.69 Å². The van der Waals surface area contributed by atoms with E-state index in [1.54, 1.807) is 7.05 Å². The Morgan fingerprint density at radius 3 is 3.07 bits per heavy atom. The molecule has 80 valence electrons. The highest BCUT2D eigenvalue weighted by Crippen LogP contribution is 2.26. The Bertz CT molecular complexity index is 362. The standard InChI is InChI=1S/C12H16N2O/c1-13-9-12(15)14-8-4-6-10-5-2-3-7-11(10)14/h2-3,5,7,13H,4,6,8-9H2,1H3. The third-order valence-electron chi connectivity index (χ3n) is 2.74. The number of hydrogen-bond donors (Lipinski definition) is 1. The summed E-state index contributed by atoms with van der Waals surface area (Å²) in [7, 11) is 1.80. The van der Waals surface area contributed by atoms with Gasteiger partial charge in [0, 0.05) is 12.2 Å². The second kappa shape index (κ2) is 4.45. The summed E-state index contributed by atoms with van der Waals surface area (Å²) >= 11 is 0. The van der Waals surface area contributed by atoms with Crippen LogP contribution in [0, 0.1) is 0 Å². The molecule has 1 aliphatic heterocycles. The molecule has 1 aromatic rings. The van der Waals surface area contributed by atoms with Crippen molar-refractivity contribution in [2.45, 2.75) is 12.8 Å². The zero-order valence-electron chi connectivity index (χ0n) is 8.99. The third-order valence-corrected chi connectivity index (χ3v) is 2.74. The van der Waals surface area contributed by atoms with Gasteiger partial charge in [0.15, 0.2) is 0 Å². The van der Waals surface area contributed by atoms with Crippen LogP contribution in [0.3, 0.4) is 0 Å². The van der Waals surface area contributed by atoms with E-state index in [0.717, 1.165) is 25.1 Å². The van der Waals surface area contributed by atoms with Gasteiger partial charge < -0.3 is 10.2 Å². The first-order valence-corrected chi connectivity index (χ1v) is 5.36. The van der Waals surface area contributed by atoms with Gasteiger partial charge in [-0.3, -0.25) is 4.79 Å². The maximum atomic E-state index is 11.8. The summed E-state index contributed by atoms with van der Waals surface area (Å²) in [5.41, 5.74) is 2.37. The van der Waals surface area contributed by atoms with Crippen LogP contribution in [0.15, 0.2) is 24.3 Å². The monoisotopic (exact) mass is 204 g/mol. The number of para-hydroxylation sites is 1. The van der Waals surface area contributed by atoms with Gasteiger partial charge in [-0.25, -0.2) is 0 Å². The summed E-state index contributed by atoms with van der Waals surface area (Å²) in [6.45, 7) is 1.26. The number of fused-ring (bicyclic) bond motifs is 1. The first-order valence-electron chi connectivity index (χ1n) is 5.36. The summed E-state index contributed by atoms with van der Waals surface area (Å²) in [6.07, 6.45) is 2.14. The molecular formula is C12H16N2O. The highest BCUT2D eigenvalue weighted by molar-refractivity contribution is 5.95. The summed E-state index contributed by atoms with van der Waals surface area (Å²) in [5.74, 6) is 0.157. The molecule has 1 amide bonds. The van der Waals surface area contributed by atoms with Crippen molar-refractivity contribution in [1.82, 2.24) is 5.32 Å². The summed E-state index contributed by atoms with van der Waals surface area (Å²) in [6, 6.07) is 8.16. The van der Waals surface area contributed by atoms with Gasteiger partial charge in [-0.2, -0.15) is 0 Å². The van der Waals surface area contributed by atoms with Crippen LogP contribution in [-0.2, 0) is 11.2 Å². The van der Waals surface area contributed by atoms with Crippen LogP contribution in [0.1, 0.15) is 12.0 Å². The molecule has 0 bridgehead atoms. The average Bonchev–Trinajstić information content (AvgIpc) is 2.28. The molecule has 0 unspecified atom stereocenters. The van der Waals surface area contributed by atoms with Gasteiger partial charge in [-0.1, -0.05) is 18.2 Å². The Balaban J connectivity index is 2.25. The highest BCUT2D eigenvalue weighted by atomic mass is 16.2. The number of aryl methyl sites for hydroxylation is 1. The van der Waals surface area contributed by atoms with Crippen LogP contribution in [0.25, 0.3) is 0 Å². The lowest BCUT2D eigenvalue weighted by atomic mass is 10.0. The number of carbonyl (C=O) groups excluding carboxylic acids is 1. The fourth-order valence-corrected chi connectivity index (χ4v) is 2.04. The molecule has 0 spiro atoms. The molecule has 0 aromatic heterocycles. The summed E-state index contributed by atoms with van der Waals surface area (Å²) < 4.78 is 0. The van der Waals surface area contributed by atoms with Crippen LogP contribution in [0.2, 0.25) is 0 Å². The molecule has 3 heteroatoms. The zero-order valence-corrected chi connectivity index (χ0v) is 8.99. The molecule has 1 heterocycles. The van der Waals surface area contributed by atoms with Crippen LogP contribution in [-0.4, -0.2) is 26.0 Å². The fourth-order valence-electron chi connectivity index (χ4n) is 2.04. The predicted molar refractivity (Wildman–Crippen MR) is 61.0 cm³/mol. The minimum Gasteiger partial charge on any atom is -0.311 e. The minimum atomic E-state index is 0.157. The molecule has 1 aliphatic rings. The van der Waals surface area contributed by atoms with Crippen LogP contribution in [0.5, 0.6) is 0 Å². The molecular weight excluding hydrogens is 188 g/mol. The fraction of sp³-hybridized carbons (Fsp3) is 0.417. The number of nitrogens with zero attached hydrogens (tertiary/aromatic N) is 1. The number of anilines is 1. The van der Waals surface area contributed by atoms with Crippen molar-refractivity contribution >= 4 is 11.6 Å². The SMILES string of the molecule is CNCC(=O)N1CCCc2ccccc21. The van der Waals surface area contributed by atoms with E-state index >= 15 is 0 Å². The highest BCUT2D eigenvalue weighted by Gasteiger charge is 2.20. The first-order chi connectivity index (χ1) is 7.33. The molecule has 0 saturated carbocycles. The van der Waals surface area contributed by atoms with E-state index in [-0.39, 0.29) is 5.91 Å². The summed E-state index contributed by atoms with van der Waals surface area (Å²) in [4.78, 5) is 13.7. The van der Waals surface area contributed by atoms with Crippen molar-refractivity contribution in [3.8, 4) is 0 Å². The predicted octanol–water partition coefficient (Wildman–Crippen LogP) is 1.19. The lowest BCUT2D eigenvalue weighted by Crippen LogP contribution is -2.40. The van der Waals surface area contributed by atoms with Gasteiger partial charge in [0.1, 0.15) is 0 Å². The normalized spacial score (nSPS) is 14.9. The maximum Gasteiger partial charge on any atom is 0.240 e. The second-order valence-electron chi connectivity index (χ2n) is 3.81. The van der Waals surface area contributed by atoms with Gasteiger partial charge >= 0.3 is 0 Å². The molecule has 0 atom stereocenters. The van der Waals surface area contributed by atoms with E-state index < -0.39 is 0 Å². The van der Waals surface area contributed by atoms with Crippen LogP contribution >= 0.6 is 0 Å². The Labute approximate surface area is 90.1 Å². The lowest BCUT2D eigenvalue weighted by Gasteiger charge is -2.29. The van der Waals surface area contributed by atoms with E-state index in [9.17, 15) is 4.79 Å². The number of amides is 1. The molecule has 2 rings (SSSR count). The van der Waals surface area contributed by atoms with Gasteiger partial charge in [-0.15, -0.1) is 0 Å². The number of benzene rings is 1.